The lowest BCUT2D eigenvalue weighted by Crippen LogP contribution is -2.14. The molecule has 0 saturated carbocycles. The molecule has 3 heteroatoms. The lowest BCUT2D eigenvalue weighted by molar-refractivity contribution is -0.135. The molecule has 96 valence electrons. The van der Waals surface area contributed by atoms with Crippen LogP contribution >= 0.6 is 0 Å². The van der Waals surface area contributed by atoms with E-state index in [1.54, 1.807) is 0 Å². The predicted octanol–water partition coefficient (Wildman–Crippen LogP) is 2.60. The van der Waals surface area contributed by atoms with Gasteiger partial charge in [-0.15, -0.1) is 0 Å². The second-order valence-corrected chi connectivity index (χ2v) is 4.78. The molecular weight excluding hydrogens is 240 g/mol. The maximum absolute atomic E-state index is 11.3. The van der Waals surface area contributed by atoms with Gasteiger partial charge in [-0.2, -0.15) is 0 Å². The summed E-state index contributed by atoms with van der Waals surface area (Å²) >= 11 is 0. The lowest BCUT2D eigenvalue weighted by atomic mass is 9.91. The number of hydrogen-bond acceptors (Lipinski definition) is 3. The monoisotopic (exact) mass is 254 g/mol. The van der Waals surface area contributed by atoms with Crippen LogP contribution in [0.3, 0.4) is 0 Å². The van der Waals surface area contributed by atoms with E-state index in [0.717, 1.165) is 16.3 Å². The molecule has 1 fully saturated rings. The van der Waals surface area contributed by atoms with Gasteiger partial charge in [-0.1, -0.05) is 43.0 Å². The Morgan fingerprint density at radius 3 is 2.63 bits per heavy atom. The Hall–Kier alpha value is -2.13. The van der Waals surface area contributed by atoms with Crippen molar-refractivity contribution in [2.75, 3.05) is 6.61 Å². The van der Waals surface area contributed by atoms with Crippen molar-refractivity contribution < 1.29 is 14.6 Å². The van der Waals surface area contributed by atoms with Crippen molar-refractivity contribution in [3.8, 4) is 0 Å². The van der Waals surface area contributed by atoms with Gasteiger partial charge in [0.05, 0.1) is 12.0 Å². The van der Waals surface area contributed by atoms with Crippen molar-refractivity contribution in [2.24, 2.45) is 5.92 Å². The number of aliphatic hydroxyl groups excluding tert-OH is 1. The standard InChI is InChI=1S/C16H14O3/c1-10-14(9-19-16(10)18)15(17)13-7-6-11-4-2-3-5-12(11)8-13/h2-8,14-15,17H,1,9H2. The summed E-state index contributed by atoms with van der Waals surface area (Å²) in [7, 11) is 0. The molecule has 2 aromatic rings. The Morgan fingerprint density at radius 2 is 1.95 bits per heavy atom. The van der Waals surface area contributed by atoms with Gasteiger partial charge in [-0.3, -0.25) is 0 Å². The molecule has 19 heavy (non-hydrogen) atoms. The van der Waals surface area contributed by atoms with E-state index in [1.807, 2.05) is 42.5 Å². The first-order valence-electron chi connectivity index (χ1n) is 6.19. The Bertz CT molecular complexity index is 660. The fourth-order valence-corrected chi connectivity index (χ4v) is 2.42. The van der Waals surface area contributed by atoms with E-state index < -0.39 is 12.1 Å². The zero-order chi connectivity index (χ0) is 13.4. The first-order valence-corrected chi connectivity index (χ1v) is 6.19. The minimum absolute atomic E-state index is 0.200. The van der Waals surface area contributed by atoms with Gasteiger partial charge >= 0.3 is 5.97 Å². The number of aliphatic hydroxyl groups is 1. The smallest absolute Gasteiger partial charge is 0.333 e. The van der Waals surface area contributed by atoms with Crippen molar-refractivity contribution in [2.45, 2.75) is 6.10 Å². The van der Waals surface area contributed by atoms with Crippen LogP contribution in [0.1, 0.15) is 11.7 Å². The van der Waals surface area contributed by atoms with Crippen LogP contribution in [0, 0.1) is 5.92 Å². The summed E-state index contributed by atoms with van der Waals surface area (Å²) in [5.41, 5.74) is 1.13. The topological polar surface area (TPSA) is 46.5 Å². The molecule has 3 nitrogen and oxygen atoms in total. The molecule has 0 bridgehead atoms. The third kappa shape index (κ3) is 2.02. The summed E-state index contributed by atoms with van der Waals surface area (Å²) < 4.78 is 4.91. The molecule has 2 aromatic carbocycles. The van der Waals surface area contributed by atoms with E-state index in [4.69, 9.17) is 4.74 Å². The average Bonchev–Trinajstić information content (AvgIpc) is 2.78. The number of rotatable bonds is 2. The van der Waals surface area contributed by atoms with Crippen LogP contribution < -0.4 is 0 Å². The molecule has 0 aromatic heterocycles. The van der Waals surface area contributed by atoms with E-state index in [0.29, 0.717) is 5.57 Å². The molecule has 1 saturated heterocycles. The number of hydrogen-bond donors (Lipinski definition) is 1. The summed E-state index contributed by atoms with van der Waals surface area (Å²) in [4.78, 5) is 11.3. The van der Waals surface area contributed by atoms with Crippen LogP contribution in [-0.4, -0.2) is 17.7 Å². The van der Waals surface area contributed by atoms with Crippen molar-refractivity contribution in [1.82, 2.24) is 0 Å². The number of esters is 1. The average molecular weight is 254 g/mol. The molecule has 2 atom stereocenters. The normalized spacial score (nSPS) is 20.6. The fourth-order valence-electron chi connectivity index (χ4n) is 2.42. The summed E-state index contributed by atoms with van der Waals surface area (Å²) in [6.45, 7) is 3.89. The van der Waals surface area contributed by atoms with Crippen LogP contribution in [0.25, 0.3) is 10.8 Å². The Kier molecular flexibility index (Phi) is 2.84. The van der Waals surface area contributed by atoms with Gasteiger partial charge in [-0.25, -0.2) is 4.79 Å². The lowest BCUT2D eigenvalue weighted by Gasteiger charge is -2.17. The van der Waals surface area contributed by atoms with Crippen LogP contribution in [-0.2, 0) is 9.53 Å². The van der Waals surface area contributed by atoms with Crippen molar-refractivity contribution >= 4 is 16.7 Å². The number of benzene rings is 2. The first kappa shape index (κ1) is 11.9. The first-order chi connectivity index (χ1) is 9.16. The highest BCUT2D eigenvalue weighted by molar-refractivity contribution is 5.90. The van der Waals surface area contributed by atoms with Crippen molar-refractivity contribution in [3.05, 3.63) is 60.2 Å². The number of carbonyl (C=O) groups is 1. The van der Waals surface area contributed by atoms with Crippen LogP contribution in [0.5, 0.6) is 0 Å². The van der Waals surface area contributed by atoms with Gasteiger partial charge in [-0.05, 0) is 22.4 Å². The number of carbonyl (C=O) groups excluding carboxylic acids is 1. The van der Waals surface area contributed by atoms with Crippen LogP contribution in [0.2, 0.25) is 0 Å². The Morgan fingerprint density at radius 1 is 1.21 bits per heavy atom. The fraction of sp³-hybridized carbons (Fsp3) is 0.188. The van der Waals surface area contributed by atoms with Gasteiger partial charge in [0, 0.05) is 5.57 Å². The van der Waals surface area contributed by atoms with Crippen molar-refractivity contribution in [1.29, 1.82) is 0 Å². The van der Waals surface area contributed by atoms with Gasteiger partial charge in [0.25, 0.3) is 0 Å². The molecule has 0 radical (unpaired) electrons. The summed E-state index contributed by atoms with van der Waals surface area (Å²) in [5.74, 6) is -0.765. The molecule has 1 heterocycles. The summed E-state index contributed by atoms with van der Waals surface area (Å²) in [6, 6.07) is 13.7. The maximum atomic E-state index is 11.3. The number of ether oxygens (including phenoxy) is 1. The van der Waals surface area contributed by atoms with Crippen LogP contribution in [0.15, 0.2) is 54.6 Å². The van der Waals surface area contributed by atoms with Crippen LogP contribution in [0.4, 0.5) is 0 Å². The van der Waals surface area contributed by atoms with E-state index in [1.165, 1.54) is 0 Å². The summed E-state index contributed by atoms with van der Waals surface area (Å²) in [6.07, 6.45) is -0.761. The number of fused-ring (bicyclic) bond motifs is 1. The molecule has 1 N–H and O–H groups in total. The van der Waals surface area contributed by atoms with E-state index in [9.17, 15) is 9.90 Å². The summed E-state index contributed by atoms with van der Waals surface area (Å²) in [5, 5.41) is 12.6. The van der Waals surface area contributed by atoms with E-state index in [-0.39, 0.29) is 12.5 Å². The zero-order valence-corrected chi connectivity index (χ0v) is 10.4. The zero-order valence-electron chi connectivity index (χ0n) is 10.4. The highest BCUT2D eigenvalue weighted by atomic mass is 16.5. The molecule has 2 unspecified atom stereocenters. The third-order valence-electron chi connectivity index (χ3n) is 3.60. The predicted molar refractivity (Wildman–Crippen MR) is 72.5 cm³/mol. The minimum Gasteiger partial charge on any atom is -0.462 e. The SMILES string of the molecule is C=C1C(=O)OCC1C(O)c1ccc2ccccc2c1. The number of cyclic esters (lactones) is 1. The largest absolute Gasteiger partial charge is 0.462 e. The Balaban J connectivity index is 1.95. The quantitative estimate of drug-likeness (QED) is 0.662. The maximum Gasteiger partial charge on any atom is 0.333 e. The molecule has 0 aliphatic carbocycles. The molecule has 1 aliphatic heterocycles. The third-order valence-corrected chi connectivity index (χ3v) is 3.60. The molecule has 0 amide bonds. The molecule has 1 aliphatic rings. The molecular formula is C16H14O3. The van der Waals surface area contributed by atoms with E-state index in [2.05, 4.69) is 6.58 Å². The van der Waals surface area contributed by atoms with Gasteiger partial charge in [0.2, 0.25) is 0 Å². The highest BCUT2D eigenvalue weighted by Gasteiger charge is 2.34. The van der Waals surface area contributed by atoms with Gasteiger partial charge < -0.3 is 9.84 Å². The minimum atomic E-state index is -0.761. The highest BCUT2D eigenvalue weighted by Crippen LogP contribution is 2.33. The van der Waals surface area contributed by atoms with Crippen molar-refractivity contribution in [3.63, 3.8) is 0 Å². The van der Waals surface area contributed by atoms with E-state index >= 15 is 0 Å². The second kappa shape index (κ2) is 4.52. The Labute approximate surface area is 111 Å². The molecule has 0 spiro atoms. The second-order valence-electron chi connectivity index (χ2n) is 4.78. The molecule has 3 rings (SSSR count). The van der Waals surface area contributed by atoms with Gasteiger partial charge in [0.1, 0.15) is 6.61 Å². The van der Waals surface area contributed by atoms with Gasteiger partial charge in [0.15, 0.2) is 0 Å².